The minimum atomic E-state index is 0.792. The second kappa shape index (κ2) is 2.89. The number of ether oxygens (including phenoxy) is 1. The van der Waals surface area contributed by atoms with Gasteiger partial charge in [-0.25, -0.2) is 0 Å². The van der Waals surface area contributed by atoms with E-state index in [1.807, 2.05) is 0 Å². The fourth-order valence-electron chi connectivity index (χ4n) is 1.80. The van der Waals surface area contributed by atoms with Crippen molar-refractivity contribution in [2.24, 2.45) is 5.92 Å². The molecule has 0 aromatic rings. The van der Waals surface area contributed by atoms with Gasteiger partial charge in [0.25, 0.3) is 0 Å². The van der Waals surface area contributed by atoms with Gasteiger partial charge >= 0.3 is 0 Å². The van der Waals surface area contributed by atoms with Crippen LogP contribution in [-0.2, 0) is 4.74 Å². The van der Waals surface area contributed by atoms with Crippen LogP contribution in [0.15, 0.2) is 0 Å². The average Bonchev–Trinajstić information content (AvgIpc) is 1.86. The SMILES string of the molecule is C1COCC(C2CCN2)C1. The molecule has 1 N–H and O–H groups in total. The van der Waals surface area contributed by atoms with Crippen molar-refractivity contribution in [1.29, 1.82) is 0 Å². The molecule has 0 aromatic heterocycles. The zero-order valence-corrected chi connectivity index (χ0v) is 6.31. The second-order valence-corrected chi connectivity index (χ2v) is 3.33. The highest BCUT2D eigenvalue weighted by Gasteiger charge is 2.27. The molecule has 2 nitrogen and oxygen atoms in total. The predicted octanol–water partition coefficient (Wildman–Crippen LogP) is 0.775. The minimum Gasteiger partial charge on any atom is -0.381 e. The number of rotatable bonds is 1. The Bertz CT molecular complexity index is 106. The van der Waals surface area contributed by atoms with E-state index in [4.69, 9.17) is 4.74 Å². The van der Waals surface area contributed by atoms with Crippen molar-refractivity contribution in [1.82, 2.24) is 5.32 Å². The summed E-state index contributed by atoms with van der Waals surface area (Å²) in [5.74, 6) is 0.822. The quantitative estimate of drug-likeness (QED) is 0.582. The average molecular weight is 141 g/mol. The van der Waals surface area contributed by atoms with Crippen molar-refractivity contribution in [2.45, 2.75) is 25.3 Å². The third kappa shape index (κ3) is 1.18. The van der Waals surface area contributed by atoms with Crippen LogP contribution >= 0.6 is 0 Å². The standard InChI is InChI=1S/C8H15NO/c1-2-7(6-10-5-1)8-3-4-9-8/h7-9H,1-6H2. The first-order chi connectivity index (χ1) is 4.97. The summed E-state index contributed by atoms with van der Waals surface area (Å²) in [5, 5.41) is 3.44. The highest BCUT2D eigenvalue weighted by atomic mass is 16.5. The molecule has 2 heteroatoms. The summed E-state index contributed by atoms with van der Waals surface area (Å²) in [7, 11) is 0. The zero-order chi connectivity index (χ0) is 6.81. The van der Waals surface area contributed by atoms with Gasteiger partial charge in [-0.1, -0.05) is 0 Å². The minimum absolute atomic E-state index is 0.792. The van der Waals surface area contributed by atoms with Crippen molar-refractivity contribution < 1.29 is 4.74 Å². The summed E-state index contributed by atoms with van der Waals surface area (Å²) < 4.78 is 5.40. The summed E-state index contributed by atoms with van der Waals surface area (Å²) in [6, 6.07) is 0.792. The van der Waals surface area contributed by atoms with Gasteiger partial charge in [-0.2, -0.15) is 0 Å². The first-order valence-electron chi connectivity index (χ1n) is 4.28. The largest absolute Gasteiger partial charge is 0.381 e. The zero-order valence-electron chi connectivity index (χ0n) is 6.31. The molecule has 58 valence electrons. The van der Waals surface area contributed by atoms with Crippen molar-refractivity contribution in [3.05, 3.63) is 0 Å². The van der Waals surface area contributed by atoms with E-state index in [2.05, 4.69) is 5.32 Å². The van der Waals surface area contributed by atoms with Crippen molar-refractivity contribution >= 4 is 0 Å². The van der Waals surface area contributed by atoms with E-state index in [-0.39, 0.29) is 0 Å². The molecule has 2 heterocycles. The van der Waals surface area contributed by atoms with Crippen LogP contribution in [0.5, 0.6) is 0 Å². The van der Waals surface area contributed by atoms with Gasteiger partial charge in [-0.3, -0.25) is 0 Å². The third-order valence-corrected chi connectivity index (χ3v) is 2.63. The summed E-state index contributed by atoms with van der Waals surface area (Å²) in [6.45, 7) is 3.21. The Morgan fingerprint density at radius 1 is 1.30 bits per heavy atom. The fourth-order valence-corrected chi connectivity index (χ4v) is 1.80. The van der Waals surface area contributed by atoms with Crippen molar-refractivity contribution in [2.75, 3.05) is 19.8 Å². The number of hydrogen-bond donors (Lipinski definition) is 1. The van der Waals surface area contributed by atoms with E-state index in [1.165, 1.54) is 25.8 Å². The van der Waals surface area contributed by atoms with E-state index in [9.17, 15) is 0 Å². The van der Waals surface area contributed by atoms with Gasteiger partial charge in [0.1, 0.15) is 0 Å². The summed E-state index contributed by atoms with van der Waals surface area (Å²) >= 11 is 0. The number of hydrogen-bond acceptors (Lipinski definition) is 2. The Labute approximate surface area is 61.9 Å². The van der Waals surface area contributed by atoms with Crippen LogP contribution in [0.4, 0.5) is 0 Å². The Balaban J connectivity index is 1.78. The molecule has 0 saturated carbocycles. The first kappa shape index (κ1) is 6.62. The predicted molar refractivity (Wildman–Crippen MR) is 40.0 cm³/mol. The molecule has 0 spiro atoms. The van der Waals surface area contributed by atoms with Crippen LogP contribution in [0.2, 0.25) is 0 Å². The van der Waals surface area contributed by atoms with E-state index in [0.29, 0.717) is 0 Å². The Morgan fingerprint density at radius 3 is 2.70 bits per heavy atom. The number of nitrogens with one attached hydrogen (secondary N) is 1. The van der Waals surface area contributed by atoms with Gasteiger partial charge in [0.2, 0.25) is 0 Å². The van der Waals surface area contributed by atoms with Gasteiger partial charge in [-0.15, -0.1) is 0 Å². The van der Waals surface area contributed by atoms with Gasteiger partial charge in [0.05, 0.1) is 6.61 Å². The van der Waals surface area contributed by atoms with Crippen LogP contribution < -0.4 is 5.32 Å². The lowest BCUT2D eigenvalue weighted by molar-refractivity contribution is 0.0280. The maximum atomic E-state index is 5.40. The molecule has 0 radical (unpaired) electrons. The molecular formula is C8H15NO. The van der Waals surface area contributed by atoms with E-state index >= 15 is 0 Å². The molecule has 2 unspecified atom stereocenters. The second-order valence-electron chi connectivity index (χ2n) is 3.33. The highest BCUT2D eigenvalue weighted by molar-refractivity contribution is 4.85. The molecule has 0 aromatic carbocycles. The smallest absolute Gasteiger partial charge is 0.0509 e. The van der Waals surface area contributed by atoms with E-state index in [1.54, 1.807) is 0 Å². The third-order valence-electron chi connectivity index (χ3n) is 2.63. The van der Waals surface area contributed by atoms with Gasteiger partial charge < -0.3 is 10.1 Å². The van der Waals surface area contributed by atoms with Gasteiger partial charge in [-0.05, 0) is 31.7 Å². The molecule has 2 atom stereocenters. The van der Waals surface area contributed by atoms with Crippen LogP contribution in [0.3, 0.4) is 0 Å². The maximum absolute atomic E-state index is 5.40. The molecule has 0 bridgehead atoms. The fraction of sp³-hybridized carbons (Fsp3) is 1.00. The summed E-state index contributed by atoms with van der Waals surface area (Å²) in [5.41, 5.74) is 0. The maximum Gasteiger partial charge on any atom is 0.0509 e. The summed E-state index contributed by atoms with van der Waals surface area (Å²) in [6.07, 6.45) is 4.01. The molecule has 0 aliphatic carbocycles. The lowest BCUT2D eigenvalue weighted by atomic mass is 9.88. The van der Waals surface area contributed by atoms with Gasteiger partial charge in [0.15, 0.2) is 0 Å². The van der Waals surface area contributed by atoms with Crippen LogP contribution in [0.25, 0.3) is 0 Å². The van der Waals surface area contributed by atoms with Crippen LogP contribution in [-0.4, -0.2) is 25.8 Å². The monoisotopic (exact) mass is 141 g/mol. The van der Waals surface area contributed by atoms with E-state index in [0.717, 1.165) is 25.2 Å². The topological polar surface area (TPSA) is 21.3 Å². The Kier molecular flexibility index (Phi) is 1.91. The Morgan fingerprint density at radius 2 is 2.20 bits per heavy atom. The molecule has 2 aliphatic rings. The molecule has 10 heavy (non-hydrogen) atoms. The lowest BCUT2D eigenvalue weighted by Crippen LogP contribution is -2.50. The molecule has 2 rings (SSSR count). The lowest BCUT2D eigenvalue weighted by Gasteiger charge is -2.37. The Hall–Kier alpha value is -0.0800. The van der Waals surface area contributed by atoms with Gasteiger partial charge in [0, 0.05) is 12.6 Å². The first-order valence-corrected chi connectivity index (χ1v) is 4.28. The van der Waals surface area contributed by atoms with E-state index < -0.39 is 0 Å². The molecular weight excluding hydrogens is 126 g/mol. The van der Waals surface area contributed by atoms with Crippen molar-refractivity contribution in [3.63, 3.8) is 0 Å². The van der Waals surface area contributed by atoms with Crippen molar-refractivity contribution in [3.8, 4) is 0 Å². The molecule has 0 amide bonds. The summed E-state index contributed by atoms with van der Waals surface area (Å²) in [4.78, 5) is 0. The van der Waals surface area contributed by atoms with Crippen LogP contribution in [0, 0.1) is 5.92 Å². The molecule has 2 fully saturated rings. The molecule has 2 saturated heterocycles. The highest BCUT2D eigenvalue weighted by Crippen LogP contribution is 2.22. The normalized spacial score (nSPS) is 40.8. The van der Waals surface area contributed by atoms with Crippen LogP contribution in [0.1, 0.15) is 19.3 Å². The molecule has 2 aliphatic heterocycles.